The van der Waals surface area contributed by atoms with Crippen molar-refractivity contribution in [3.63, 3.8) is 0 Å². The number of fused-ring (bicyclic) bond motifs is 5. The molecule has 5 atom stereocenters. The first kappa shape index (κ1) is 15.8. The van der Waals surface area contributed by atoms with Gasteiger partial charge in [-0.05, 0) is 60.7 Å². The molecule has 0 bridgehead atoms. The van der Waals surface area contributed by atoms with E-state index in [2.05, 4.69) is 13.5 Å². The Morgan fingerprint density at radius 3 is 2.67 bits per heavy atom. The van der Waals surface area contributed by atoms with E-state index in [1.807, 2.05) is 6.92 Å². The van der Waals surface area contributed by atoms with E-state index < -0.39 is 17.0 Å². The molecular formula is C20H24FNO2. The molecule has 3 saturated carbocycles. The Balaban J connectivity index is 1.83. The van der Waals surface area contributed by atoms with Crippen molar-refractivity contribution in [2.75, 3.05) is 0 Å². The van der Waals surface area contributed by atoms with Crippen LogP contribution in [-0.4, -0.2) is 11.6 Å². The Bertz CT molecular complexity index is 749. The van der Waals surface area contributed by atoms with Crippen molar-refractivity contribution in [1.82, 2.24) is 0 Å². The number of allylic oxidation sites excluding steroid dienone is 4. The average Bonchev–Trinajstić information content (AvgIpc) is 2.80. The van der Waals surface area contributed by atoms with Gasteiger partial charge < -0.3 is 5.73 Å². The number of rotatable bonds is 0. The summed E-state index contributed by atoms with van der Waals surface area (Å²) >= 11 is 0. The molecule has 2 N–H and O–H groups in total. The van der Waals surface area contributed by atoms with Crippen molar-refractivity contribution < 1.29 is 14.0 Å². The van der Waals surface area contributed by atoms with Crippen LogP contribution in [0.2, 0.25) is 0 Å². The fraction of sp³-hybridized carbons (Fsp3) is 0.600. The summed E-state index contributed by atoms with van der Waals surface area (Å²) in [4.78, 5) is 24.4. The van der Waals surface area contributed by atoms with E-state index in [0.717, 1.165) is 36.8 Å². The predicted octanol–water partition coefficient (Wildman–Crippen LogP) is 3.61. The predicted molar refractivity (Wildman–Crippen MR) is 89.3 cm³/mol. The summed E-state index contributed by atoms with van der Waals surface area (Å²) in [7, 11) is 0. The molecule has 0 saturated heterocycles. The molecule has 4 aliphatic carbocycles. The molecule has 0 radical (unpaired) electrons. The number of ketones is 2. The van der Waals surface area contributed by atoms with Crippen molar-refractivity contribution in [3.8, 4) is 0 Å². The first-order valence-electron chi connectivity index (χ1n) is 8.85. The van der Waals surface area contributed by atoms with Crippen molar-refractivity contribution in [1.29, 1.82) is 0 Å². The third-order valence-electron chi connectivity index (χ3n) is 7.45. The first-order chi connectivity index (χ1) is 11.2. The number of nitrogens with two attached hydrogens (primary N) is 1. The summed E-state index contributed by atoms with van der Waals surface area (Å²) in [5, 5.41) is 0. The van der Waals surface area contributed by atoms with Crippen LogP contribution in [0.15, 0.2) is 35.3 Å². The van der Waals surface area contributed by atoms with Gasteiger partial charge in [0.25, 0.3) is 0 Å². The Morgan fingerprint density at radius 2 is 1.96 bits per heavy atom. The molecule has 0 heterocycles. The van der Waals surface area contributed by atoms with Crippen LogP contribution in [0.1, 0.15) is 46.0 Å². The molecule has 4 rings (SSSR count). The maximum Gasteiger partial charge on any atom is 0.236 e. The highest BCUT2D eigenvalue weighted by molar-refractivity contribution is 6.08. The zero-order valence-corrected chi connectivity index (χ0v) is 14.3. The number of hydrogen-bond donors (Lipinski definition) is 1. The molecule has 0 unspecified atom stereocenters. The lowest BCUT2D eigenvalue weighted by molar-refractivity contribution is -0.131. The SMILES string of the molecule is C=C1C[C@@H]2[C@H](CC[C@]3(C)C(=O)CC[C@@H]23)[C@@]2(C)C=C(F)C(=O)C(N)=C12. The lowest BCUT2D eigenvalue weighted by Crippen LogP contribution is -2.51. The molecule has 0 aromatic heterocycles. The van der Waals surface area contributed by atoms with Crippen LogP contribution in [0, 0.1) is 28.6 Å². The van der Waals surface area contributed by atoms with Gasteiger partial charge in [-0.2, -0.15) is 0 Å². The summed E-state index contributed by atoms with van der Waals surface area (Å²) in [5.41, 5.74) is 6.79. The van der Waals surface area contributed by atoms with Crippen molar-refractivity contribution in [3.05, 3.63) is 35.3 Å². The second-order valence-electron chi connectivity index (χ2n) is 8.50. The third kappa shape index (κ3) is 1.72. The van der Waals surface area contributed by atoms with Crippen molar-refractivity contribution in [2.24, 2.45) is 34.3 Å². The van der Waals surface area contributed by atoms with Gasteiger partial charge in [0.2, 0.25) is 5.78 Å². The lowest BCUT2D eigenvalue weighted by Gasteiger charge is -2.56. The molecule has 0 aromatic rings. The molecule has 0 amide bonds. The van der Waals surface area contributed by atoms with Crippen LogP contribution in [0.5, 0.6) is 0 Å². The summed E-state index contributed by atoms with van der Waals surface area (Å²) in [6.45, 7) is 8.27. The van der Waals surface area contributed by atoms with E-state index in [4.69, 9.17) is 5.73 Å². The Morgan fingerprint density at radius 1 is 1.25 bits per heavy atom. The quantitative estimate of drug-likeness (QED) is 0.738. The molecule has 3 nitrogen and oxygen atoms in total. The zero-order valence-electron chi connectivity index (χ0n) is 14.3. The molecule has 128 valence electrons. The molecule has 0 spiro atoms. The molecule has 24 heavy (non-hydrogen) atoms. The maximum atomic E-state index is 14.2. The highest BCUT2D eigenvalue weighted by atomic mass is 19.1. The monoisotopic (exact) mass is 329 g/mol. The third-order valence-corrected chi connectivity index (χ3v) is 7.45. The highest BCUT2D eigenvalue weighted by Crippen LogP contribution is 2.65. The van der Waals surface area contributed by atoms with E-state index in [0.29, 0.717) is 24.0 Å². The average molecular weight is 329 g/mol. The standard InChI is InChI=1S/C20H24FNO2/c1-10-8-11-12-4-5-15(23)19(12,2)7-6-13(11)20(3)9-14(21)18(24)17(22)16(10)20/h9,11-13H,1,4-8,22H2,2-3H3/t11-,12-,13-,19-,20+/m0/s1. The maximum absolute atomic E-state index is 14.2. The summed E-state index contributed by atoms with van der Waals surface area (Å²) < 4.78 is 14.2. The van der Waals surface area contributed by atoms with Gasteiger partial charge in [0, 0.05) is 17.3 Å². The van der Waals surface area contributed by atoms with E-state index in [9.17, 15) is 14.0 Å². The lowest BCUT2D eigenvalue weighted by atomic mass is 9.47. The normalized spacial score (nSPS) is 44.9. The molecule has 3 fully saturated rings. The second-order valence-corrected chi connectivity index (χ2v) is 8.50. The molecule has 4 heteroatoms. The van der Waals surface area contributed by atoms with E-state index in [1.54, 1.807) is 0 Å². The summed E-state index contributed by atoms with van der Waals surface area (Å²) in [6.07, 6.45) is 5.51. The van der Waals surface area contributed by atoms with Crippen LogP contribution >= 0.6 is 0 Å². The van der Waals surface area contributed by atoms with Crippen molar-refractivity contribution in [2.45, 2.75) is 46.0 Å². The van der Waals surface area contributed by atoms with Gasteiger partial charge in [-0.25, -0.2) is 4.39 Å². The van der Waals surface area contributed by atoms with Crippen LogP contribution in [0.3, 0.4) is 0 Å². The number of Topliss-reactive ketones (excluding diaryl/α,β-unsaturated/α-hetero) is 2. The van der Waals surface area contributed by atoms with Crippen LogP contribution in [0.4, 0.5) is 4.39 Å². The molecule has 0 aliphatic heterocycles. The van der Waals surface area contributed by atoms with Gasteiger partial charge in [0.1, 0.15) is 5.78 Å². The first-order valence-corrected chi connectivity index (χ1v) is 8.85. The molecule has 0 aromatic carbocycles. The summed E-state index contributed by atoms with van der Waals surface area (Å²) in [5.74, 6) is -0.236. The highest BCUT2D eigenvalue weighted by Gasteiger charge is 2.60. The van der Waals surface area contributed by atoms with Gasteiger partial charge in [-0.3, -0.25) is 9.59 Å². The van der Waals surface area contributed by atoms with E-state index >= 15 is 0 Å². The molecular weight excluding hydrogens is 305 g/mol. The minimum Gasteiger partial charge on any atom is -0.395 e. The fourth-order valence-electron chi connectivity index (χ4n) is 6.27. The zero-order chi connectivity index (χ0) is 17.4. The fourth-order valence-corrected chi connectivity index (χ4v) is 6.27. The smallest absolute Gasteiger partial charge is 0.236 e. The number of carbonyl (C=O) groups is 2. The van der Waals surface area contributed by atoms with Gasteiger partial charge >= 0.3 is 0 Å². The van der Waals surface area contributed by atoms with Crippen molar-refractivity contribution >= 4 is 11.6 Å². The number of hydrogen-bond acceptors (Lipinski definition) is 3. The molecule has 4 aliphatic rings. The topological polar surface area (TPSA) is 60.2 Å². The van der Waals surface area contributed by atoms with E-state index in [-0.39, 0.29) is 17.0 Å². The van der Waals surface area contributed by atoms with Gasteiger partial charge in [-0.15, -0.1) is 0 Å². The Labute approximate surface area is 141 Å². The minimum absolute atomic E-state index is 0.0248. The van der Waals surface area contributed by atoms with Gasteiger partial charge in [-0.1, -0.05) is 20.4 Å². The number of carbonyl (C=O) groups excluding carboxylic acids is 2. The van der Waals surface area contributed by atoms with Crippen LogP contribution in [-0.2, 0) is 9.59 Å². The number of halogens is 1. The van der Waals surface area contributed by atoms with Gasteiger partial charge in [0.15, 0.2) is 5.83 Å². The van der Waals surface area contributed by atoms with Gasteiger partial charge in [0.05, 0.1) is 5.70 Å². The van der Waals surface area contributed by atoms with E-state index in [1.165, 1.54) is 6.08 Å². The largest absolute Gasteiger partial charge is 0.395 e. The van der Waals surface area contributed by atoms with Crippen LogP contribution in [0.25, 0.3) is 0 Å². The summed E-state index contributed by atoms with van der Waals surface area (Å²) in [6, 6.07) is 0. The second kappa shape index (κ2) is 4.68. The van der Waals surface area contributed by atoms with Crippen LogP contribution < -0.4 is 5.73 Å². The minimum atomic E-state index is -0.747. The Kier molecular flexibility index (Phi) is 3.08. The Hall–Kier alpha value is -1.71.